The van der Waals surface area contributed by atoms with E-state index in [0.717, 1.165) is 26.1 Å². The Bertz CT molecular complexity index is 1860. The molecule has 216 valence electrons. The highest BCUT2D eigenvalue weighted by molar-refractivity contribution is 9.10. The minimum Gasteiger partial charge on any atom is -0.488 e. The predicted octanol–water partition coefficient (Wildman–Crippen LogP) is 6.90. The minimum absolute atomic E-state index is 0.227. The van der Waals surface area contributed by atoms with E-state index in [-0.39, 0.29) is 11.7 Å². The molecule has 1 aliphatic rings. The summed E-state index contributed by atoms with van der Waals surface area (Å²) in [7, 11) is 0. The van der Waals surface area contributed by atoms with Gasteiger partial charge >= 0.3 is 5.97 Å². The van der Waals surface area contributed by atoms with Crippen LogP contribution in [0.1, 0.15) is 43.5 Å². The molecule has 5 rings (SSSR count). The number of rotatable bonds is 8. The smallest absolute Gasteiger partial charge is 0.338 e. The van der Waals surface area contributed by atoms with Gasteiger partial charge in [0.15, 0.2) is 4.80 Å². The minimum atomic E-state index is -0.655. The van der Waals surface area contributed by atoms with Crippen LogP contribution in [-0.4, -0.2) is 22.9 Å². The van der Waals surface area contributed by atoms with E-state index in [1.54, 1.807) is 37.1 Å². The van der Waals surface area contributed by atoms with Crippen molar-refractivity contribution in [3.63, 3.8) is 0 Å². The third-order valence-corrected chi connectivity index (χ3v) is 9.33. The summed E-state index contributed by atoms with van der Waals surface area (Å²) in [6.07, 6.45) is 3.52. The summed E-state index contributed by atoms with van der Waals surface area (Å²) in [6, 6.07) is 20.4. The third-order valence-electron chi connectivity index (χ3n) is 6.61. The molecule has 42 heavy (non-hydrogen) atoms. The average molecular weight is 684 g/mol. The highest BCUT2D eigenvalue weighted by Gasteiger charge is 2.33. The summed E-state index contributed by atoms with van der Waals surface area (Å²) in [6.45, 7) is 5.72. The number of allylic oxidation sites excluding steroid dienone is 1. The number of thiazole rings is 1. The zero-order valence-corrected chi connectivity index (χ0v) is 27.4. The zero-order chi connectivity index (χ0) is 30.0. The van der Waals surface area contributed by atoms with E-state index in [0.29, 0.717) is 38.0 Å². The first-order valence-corrected chi connectivity index (χ1v) is 16.4. The molecule has 2 heterocycles. The highest BCUT2D eigenvalue weighted by Crippen LogP contribution is 2.32. The van der Waals surface area contributed by atoms with Crippen molar-refractivity contribution >= 4 is 62.7 Å². The van der Waals surface area contributed by atoms with Gasteiger partial charge in [0, 0.05) is 15.5 Å². The number of fused-ring (bicyclic) bond motifs is 1. The lowest BCUT2D eigenvalue weighted by molar-refractivity contribution is -0.143. The first-order chi connectivity index (χ1) is 20.2. The van der Waals surface area contributed by atoms with Crippen LogP contribution < -0.4 is 19.6 Å². The zero-order valence-electron chi connectivity index (χ0n) is 23.4. The summed E-state index contributed by atoms with van der Waals surface area (Å²) >= 11 is 12.8. The van der Waals surface area contributed by atoms with Crippen molar-refractivity contribution in [3.05, 3.63) is 124 Å². The molecule has 0 saturated carbocycles. The van der Waals surface area contributed by atoms with Gasteiger partial charge in [-0.15, -0.1) is 11.8 Å². The van der Waals surface area contributed by atoms with Gasteiger partial charge in [-0.1, -0.05) is 59.3 Å². The van der Waals surface area contributed by atoms with Gasteiger partial charge < -0.3 is 9.47 Å². The first-order valence-electron chi connectivity index (χ1n) is 13.2. The van der Waals surface area contributed by atoms with Gasteiger partial charge in [-0.2, -0.15) is 0 Å². The van der Waals surface area contributed by atoms with E-state index < -0.39 is 12.0 Å². The number of carbonyl (C=O) groups excluding carboxylic acids is 1. The van der Waals surface area contributed by atoms with Crippen molar-refractivity contribution in [1.82, 2.24) is 4.57 Å². The van der Waals surface area contributed by atoms with Crippen LogP contribution in [0.25, 0.3) is 6.08 Å². The maximum atomic E-state index is 13.9. The molecule has 0 aliphatic carbocycles. The SMILES string of the molecule is CSc1ccc([C@H]2C(C(=O)OC(C)C)=C(C)N=c3s/c(=C\c4ccc(OCc5ccccc5Cl)c(Br)c4)c(=O)n32)cc1. The van der Waals surface area contributed by atoms with Gasteiger partial charge in [0.1, 0.15) is 12.4 Å². The van der Waals surface area contributed by atoms with Crippen LogP contribution in [0.3, 0.4) is 0 Å². The number of esters is 1. The Morgan fingerprint density at radius 1 is 1.17 bits per heavy atom. The Hall–Kier alpha value is -3.11. The number of hydrogen-bond acceptors (Lipinski definition) is 7. The average Bonchev–Trinajstić information content (AvgIpc) is 3.26. The second-order valence-corrected chi connectivity index (χ2v) is 13.0. The Kier molecular flexibility index (Phi) is 9.42. The molecular formula is C32H28BrClN2O4S2. The van der Waals surface area contributed by atoms with Crippen molar-refractivity contribution in [2.24, 2.45) is 4.99 Å². The Morgan fingerprint density at radius 2 is 1.90 bits per heavy atom. The number of benzene rings is 3. The quantitative estimate of drug-likeness (QED) is 0.149. The molecule has 0 radical (unpaired) electrons. The molecule has 0 fully saturated rings. The van der Waals surface area contributed by atoms with Crippen LogP contribution >= 0.6 is 50.6 Å². The molecule has 0 amide bonds. The lowest BCUT2D eigenvalue weighted by Crippen LogP contribution is -2.40. The standard InChI is InChI=1S/C32H28BrClN2O4S2/c1-18(2)40-31(38)28-19(3)35-32-36(29(28)21-10-12-23(41-4)13-11-21)30(37)27(42-32)16-20-9-14-26(24(33)15-20)39-17-22-7-5-6-8-25(22)34/h5-16,18,29H,17H2,1-4H3/b27-16-/t29-/m0/s1. The maximum absolute atomic E-state index is 13.9. The van der Waals surface area contributed by atoms with E-state index in [9.17, 15) is 9.59 Å². The summed E-state index contributed by atoms with van der Waals surface area (Å²) in [4.78, 5) is 33.5. The van der Waals surface area contributed by atoms with Gasteiger partial charge in [-0.3, -0.25) is 9.36 Å². The van der Waals surface area contributed by atoms with Crippen molar-refractivity contribution in [3.8, 4) is 5.75 Å². The van der Waals surface area contributed by atoms with Gasteiger partial charge in [0.2, 0.25) is 0 Å². The van der Waals surface area contributed by atoms with Crippen LogP contribution in [0, 0.1) is 0 Å². The lowest BCUT2D eigenvalue weighted by Gasteiger charge is -2.25. The first kappa shape index (κ1) is 30.4. The fraction of sp³-hybridized carbons (Fsp3) is 0.219. The summed E-state index contributed by atoms with van der Waals surface area (Å²) in [5, 5.41) is 0.648. The van der Waals surface area contributed by atoms with Gasteiger partial charge in [0.25, 0.3) is 5.56 Å². The van der Waals surface area contributed by atoms with Gasteiger partial charge in [0.05, 0.1) is 32.4 Å². The fourth-order valence-corrected chi connectivity index (χ4v) is 6.76. The van der Waals surface area contributed by atoms with E-state index in [1.165, 1.54) is 11.3 Å². The van der Waals surface area contributed by atoms with Crippen LogP contribution in [0.5, 0.6) is 5.75 Å². The molecule has 1 aromatic heterocycles. The van der Waals surface area contributed by atoms with Crippen molar-refractivity contribution in [1.29, 1.82) is 0 Å². The predicted molar refractivity (Wildman–Crippen MR) is 173 cm³/mol. The fourth-order valence-electron chi connectivity index (χ4n) is 4.61. The topological polar surface area (TPSA) is 69.9 Å². The Balaban J connectivity index is 1.53. The number of thioether (sulfide) groups is 1. The number of ether oxygens (including phenoxy) is 2. The summed E-state index contributed by atoms with van der Waals surface area (Å²) in [5.41, 5.74) is 3.19. The third kappa shape index (κ3) is 6.44. The molecule has 0 N–H and O–H groups in total. The molecule has 0 unspecified atom stereocenters. The number of aromatic nitrogens is 1. The molecule has 10 heteroatoms. The van der Waals surface area contributed by atoms with Crippen LogP contribution in [0.4, 0.5) is 0 Å². The summed E-state index contributed by atoms with van der Waals surface area (Å²) < 4.78 is 14.4. The number of nitrogens with zero attached hydrogens (tertiary/aromatic N) is 2. The largest absolute Gasteiger partial charge is 0.488 e. The number of halogens is 2. The molecular weight excluding hydrogens is 656 g/mol. The van der Waals surface area contributed by atoms with Crippen molar-refractivity contribution < 1.29 is 14.3 Å². The monoisotopic (exact) mass is 682 g/mol. The Morgan fingerprint density at radius 3 is 2.57 bits per heavy atom. The Labute approximate surface area is 265 Å². The van der Waals surface area contributed by atoms with Crippen LogP contribution in [-0.2, 0) is 16.1 Å². The lowest BCUT2D eigenvalue weighted by atomic mass is 9.96. The van der Waals surface area contributed by atoms with E-state index in [2.05, 4.69) is 20.9 Å². The van der Waals surface area contributed by atoms with E-state index in [4.69, 9.17) is 21.1 Å². The summed E-state index contributed by atoms with van der Waals surface area (Å²) in [5.74, 6) is 0.182. The highest BCUT2D eigenvalue weighted by atomic mass is 79.9. The van der Waals surface area contributed by atoms with Crippen molar-refractivity contribution in [2.75, 3.05) is 6.26 Å². The van der Waals surface area contributed by atoms with Gasteiger partial charge in [-0.05, 0) is 90.5 Å². The molecule has 6 nitrogen and oxygen atoms in total. The van der Waals surface area contributed by atoms with Crippen molar-refractivity contribution in [2.45, 2.75) is 44.4 Å². The van der Waals surface area contributed by atoms with E-state index in [1.807, 2.05) is 79.1 Å². The van der Waals surface area contributed by atoms with Crippen LogP contribution in [0.15, 0.2) is 97.2 Å². The molecule has 0 spiro atoms. The molecule has 1 atom stereocenters. The maximum Gasteiger partial charge on any atom is 0.338 e. The number of carbonyl (C=O) groups is 1. The second kappa shape index (κ2) is 13.0. The second-order valence-electron chi connectivity index (χ2n) is 9.88. The van der Waals surface area contributed by atoms with Gasteiger partial charge in [-0.25, -0.2) is 9.79 Å². The molecule has 4 aromatic rings. The molecule has 3 aromatic carbocycles. The van der Waals surface area contributed by atoms with E-state index >= 15 is 0 Å². The van der Waals surface area contributed by atoms with Crippen LogP contribution in [0.2, 0.25) is 5.02 Å². The number of hydrogen-bond donors (Lipinski definition) is 0. The molecule has 1 aliphatic heterocycles. The molecule has 0 bridgehead atoms. The normalized spacial score (nSPS) is 15.0. The molecule has 0 saturated heterocycles.